The molecule has 160 valence electrons. The zero-order chi connectivity index (χ0) is 22.0. The van der Waals surface area contributed by atoms with Crippen molar-refractivity contribution >= 4 is 21.6 Å². The number of ether oxygens (including phenoxy) is 1. The Morgan fingerprint density at radius 3 is 2.42 bits per heavy atom. The molecule has 0 radical (unpaired) electrons. The van der Waals surface area contributed by atoms with Gasteiger partial charge in [-0.25, -0.2) is 13.4 Å². The molecule has 7 nitrogen and oxygen atoms in total. The first-order valence-corrected chi connectivity index (χ1v) is 11.3. The molecule has 0 unspecified atom stereocenters. The number of nitrogens with one attached hydrogen (secondary N) is 1. The van der Waals surface area contributed by atoms with Crippen molar-refractivity contribution in [2.24, 2.45) is 0 Å². The molecule has 0 spiro atoms. The lowest BCUT2D eigenvalue weighted by molar-refractivity contribution is -0.120. The molecule has 0 aliphatic carbocycles. The molecule has 0 fully saturated rings. The van der Waals surface area contributed by atoms with E-state index in [1.165, 1.54) is 17.6 Å². The quantitative estimate of drug-likeness (QED) is 0.662. The van der Waals surface area contributed by atoms with Crippen LogP contribution in [0.15, 0.2) is 71.8 Å². The first-order chi connectivity index (χ1) is 14.9. The lowest BCUT2D eigenvalue weighted by Crippen LogP contribution is -2.50. The lowest BCUT2D eigenvalue weighted by atomic mass is 9.95. The second kappa shape index (κ2) is 8.49. The van der Waals surface area contributed by atoms with Crippen LogP contribution < -0.4 is 10.1 Å². The average molecular weight is 438 g/mol. The highest BCUT2D eigenvalue weighted by atomic mass is 32.2. The summed E-state index contributed by atoms with van der Waals surface area (Å²) in [4.78, 5) is 17.5. The van der Waals surface area contributed by atoms with Crippen LogP contribution in [0, 0.1) is 6.92 Å². The molecular weight excluding hydrogens is 414 g/mol. The number of carbonyl (C=O) groups is 1. The minimum atomic E-state index is -3.88. The molecule has 0 saturated heterocycles. The van der Waals surface area contributed by atoms with Crippen molar-refractivity contribution in [1.29, 1.82) is 0 Å². The summed E-state index contributed by atoms with van der Waals surface area (Å²) in [5, 5.41) is 2.79. The maximum absolute atomic E-state index is 13.5. The minimum Gasteiger partial charge on any atom is -0.481 e. The molecule has 4 rings (SSSR count). The number of sulfonamides is 1. The van der Waals surface area contributed by atoms with E-state index in [0.717, 1.165) is 16.7 Å². The van der Waals surface area contributed by atoms with Gasteiger partial charge in [-0.15, -0.1) is 0 Å². The first-order valence-electron chi connectivity index (χ1n) is 9.84. The maximum Gasteiger partial charge on any atom is 0.244 e. The van der Waals surface area contributed by atoms with Crippen LogP contribution in [0.5, 0.6) is 5.88 Å². The SMILES string of the molecule is COc1ccc(NC(=O)[C@H]2Cc3ccccc3CN2S(=O)(=O)c2ccc(C)cc2)cn1. The Hall–Kier alpha value is -3.23. The van der Waals surface area contributed by atoms with E-state index in [1.807, 2.05) is 31.2 Å². The number of benzene rings is 2. The number of aryl methyl sites for hydroxylation is 1. The molecule has 2 heterocycles. The van der Waals surface area contributed by atoms with Crippen molar-refractivity contribution < 1.29 is 17.9 Å². The number of hydrogen-bond donors (Lipinski definition) is 1. The minimum absolute atomic E-state index is 0.130. The molecule has 31 heavy (non-hydrogen) atoms. The zero-order valence-corrected chi connectivity index (χ0v) is 18.1. The predicted octanol–water partition coefficient (Wildman–Crippen LogP) is 3.15. The van der Waals surface area contributed by atoms with Crippen LogP contribution in [0.2, 0.25) is 0 Å². The molecule has 1 atom stereocenters. The van der Waals surface area contributed by atoms with Gasteiger partial charge in [-0.3, -0.25) is 4.79 Å². The molecule has 8 heteroatoms. The number of pyridine rings is 1. The highest BCUT2D eigenvalue weighted by Crippen LogP contribution is 2.30. The van der Waals surface area contributed by atoms with E-state index in [0.29, 0.717) is 11.6 Å². The summed E-state index contributed by atoms with van der Waals surface area (Å²) < 4.78 is 33.3. The summed E-state index contributed by atoms with van der Waals surface area (Å²) in [6.07, 6.45) is 1.77. The Morgan fingerprint density at radius 2 is 1.77 bits per heavy atom. The monoisotopic (exact) mass is 437 g/mol. The second-order valence-corrected chi connectivity index (χ2v) is 9.32. The van der Waals surface area contributed by atoms with Crippen molar-refractivity contribution in [3.8, 4) is 5.88 Å². The fourth-order valence-electron chi connectivity index (χ4n) is 3.62. The van der Waals surface area contributed by atoms with E-state index in [2.05, 4.69) is 10.3 Å². The maximum atomic E-state index is 13.5. The van der Waals surface area contributed by atoms with E-state index in [1.54, 1.807) is 36.4 Å². The third kappa shape index (κ3) is 4.30. The van der Waals surface area contributed by atoms with E-state index < -0.39 is 22.0 Å². The average Bonchev–Trinajstić information content (AvgIpc) is 2.79. The molecule has 0 saturated carbocycles. The number of anilines is 1. The smallest absolute Gasteiger partial charge is 0.244 e. The zero-order valence-electron chi connectivity index (χ0n) is 17.3. The van der Waals surface area contributed by atoms with Gasteiger partial charge >= 0.3 is 0 Å². The van der Waals surface area contributed by atoms with Gasteiger partial charge in [0.15, 0.2) is 0 Å². The molecule has 1 aliphatic heterocycles. The third-order valence-electron chi connectivity index (χ3n) is 5.35. The summed E-state index contributed by atoms with van der Waals surface area (Å²) in [6, 6.07) is 16.7. The van der Waals surface area contributed by atoms with E-state index >= 15 is 0 Å². The number of amides is 1. The molecule has 1 amide bonds. The lowest BCUT2D eigenvalue weighted by Gasteiger charge is -2.35. The van der Waals surface area contributed by atoms with Gasteiger partial charge in [0, 0.05) is 12.6 Å². The van der Waals surface area contributed by atoms with Crippen LogP contribution in [0.25, 0.3) is 0 Å². The van der Waals surface area contributed by atoms with Crippen molar-refractivity contribution in [3.05, 3.63) is 83.6 Å². The Morgan fingerprint density at radius 1 is 1.06 bits per heavy atom. The molecule has 1 N–H and O–H groups in total. The van der Waals surface area contributed by atoms with Crippen molar-refractivity contribution in [2.75, 3.05) is 12.4 Å². The van der Waals surface area contributed by atoms with Gasteiger partial charge in [0.25, 0.3) is 0 Å². The van der Waals surface area contributed by atoms with E-state index in [-0.39, 0.29) is 17.9 Å². The Kier molecular flexibility index (Phi) is 5.75. The van der Waals surface area contributed by atoms with Crippen molar-refractivity contribution in [1.82, 2.24) is 9.29 Å². The molecule has 0 bridgehead atoms. The van der Waals surface area contributed by atoms with Gasteiger partial charge in [-0.2, -0.15) is 4.31 Å². The summed E-state index contributed by atoms with van der Waals surface area (Å²) in [6.45, 7) is 2.03. The van der Waals surface area contributed by atoms with Gasteiger partial charge in [-0.05, 0) is 42.7 Å². The molecular formula is C23H23N3O4S. The number of carbonyl (C=O) groups excluding carboxylic acids is 1. The van der Waals surface area contributed by atoms with Gasteiger partial charge in [0.1, 0.15) is 6.04 Å². The Balaban J connectivity index is 1.68. The Labute approximate surface area is 181 Å². The number of fused-ring (bicyclic) bond motifs is 1. The largest absolute Gasteiger partial charge is 0.481 e. The number of rotatable bonds is 5. The fourth-order valence-corrected chi connectivity index (χ4v) is 5.19. The summed E-state index contributed by atoms with van der Waals surface area (Å²) >= 11 is 0. The fraction of sp³-hybridized carbons (Fsp3) is 0.217. The van der Waals surface area contributed by atoms with Crippen LogP contribution in [0.4, 0.5) is 5.69 Å². The number of hydrogen-bond acceptors (Lipinski definition) is 5. The van der Waals surface area contributed by atoms with Gasteiger partial charge in [0.2, 0.25) is 21.8 Å². The van der Waals surface area contributed by atoms with E-state index in [9.17, 15) is 13.2 Å². The van der Waals surface area contributed by atoms with Crippen molar-refractivity contribution in [2.45, 2.75) is 30.8 Å². The Bertz CT molecular complexity index is 1190. The topological polar surface area (TPSA) is 88.6 Å². The normalized spacial score (nSPS) is 16.4. The predicted molar refractivity (Wildman–Crippen MR) is 117 cm³/mol. The standard InChI is InChI=1S/C23H23N3O4S/c1-16-7-10-20(11-8-16)31(28,29)26-15-18-6-4-3-5-17(18)13-21(26)23(27)25-19-9-12-22(30-2)24-14-19/h3-12,14,21H,13,15H2,1-2H3,(H,25,27)/t21-/m1/s1. The molecule has 1 aromatic heterocycles. The van der Waals surface area contributed by atoms with Crippen LogP contribution in [0.3, 0.4) is 0 Å². The van der Waals surface area contributed by atoms with Gasteiger partial charge < -0.3 is 10.1 Å². The first kappa shape index (κ1) is 21.0. The van der Waals surface area contributed by atoms with Crippen LogP contribution >= 0.6 is 0 Å². The van der Waals surface area contributed by atoms with E-state index in [4.69, 9.17) is 4.74 Å². The van der Waals surface area contributed by atoms with Crippen molar-refractivity contribution in [3.63, 3.8) is 0 Å². The second-order valence-electron chi connectivity index (χ2n) is 7.43. The third-order valence-corrected chi connectivity index (χ3v) is 7.22. The molecule has 1 aliphatic rings. The number of nitrogens with zero attached hydrogens (tertiary/aromatic N) is 2. The van der Waals surface area contributed by atoms with Crippen LogP contribution in [-0.4, -0.2) is 36.8 Å². The summed E-state index contributed by atoms with van der Waals surface area (Å²) in [5.74, 6) is 0.0188. The highest BCUT2D eigenvalue weighted by Gasteiger charge is 2.39. The van der Waals surface area contributed by atoms with Gasteiger partial charge in [-0.1, -0.05) is 42.0 Å². The molecule has 3 aromatic rings. The molecule has 2 aromatic carbocycles. The van der Waals surface area contributed by atoms with Gasteiger partial charge in [0.05, 0.1) is 23.9 Å². The summed E-state index contributed by atoms with van der Waals surface area (Å²) in [5.41, 5.74) is 3.29. The van der Waals surface area contributed by atoms with Crippen LogP contribution in [0.1, 0.15) is 16.7 Å². The number of methoxy groups -OCH3 is 1. The number of aromatic nitrogens is 1. The van der Waals surface area contributed by atoms with Crippen LogP contribution in [-0.2, 0) is 27.8 Å². The summed E-state index contributed by atoms with van der Waals surface area (Å²) in [7, 11) is -2.37. The highest BCUT2D eigenvalue weighted by molar-refractivity contribution is 7.89.